The molecule has 0 atom stereocenters. The predicted octanol–water partition coefficient (Wildman–Crippen LogP) is 2.58. The van der Waals surface area contributed by atoms with Crippen LogP contribution in [0.25, 0.3) is 0 Å². The van der Waals surface area contributed by atoms with Crippen LogP contribution in [0.4, 0.5) is 5.69 Å². The average molecular weight is 213 g/mol. The van der Waals surface area contributed by atoms with Crippen molar-refractivity contribution in [3.63, 3.8) is 0 Å². The van der Waals surface area contributed by atoms with E-state index >= 15 is 0 Å². The maximum absolute atomic E-state index is 4.14. The van der Waals surface area contributed by atoms with E-state index < -0.39 is 0 Å². The summed E-state index contributed by atoms with van der Waals surface area (Å²) in [5.41, 5.74) is 3.37. The van der Waals surface area contributed by atoms with Gasteiger partial charge >= 0.3 is 0 Å². The topological polar surface area (TPSA) is 40.7 Å². The standard InChI is InChI=1S/C10H19N3S/c1-8-10(9(2)13-12-8)11-6-4-5-7-14-3/h11H,4-7H2,1-3H3,(H,12,13). The van der Waals surface area contributed by atoms with Crippen LogP contribution in [0.3, 0.4) is 0 Å². The molecule has 0 aromatic carbocycles. The highest BCUT2D eigenvalue weighted by Gasteiger charge is 2.03. The molecule has 0 amide bonds. The highest BCUT2D eigenvalue weighted by atomic mass is 32.2. The first kappa shape index (κ1) is 11.4. The fraction of sp³-hybridized carbons (Fsp3) is 0.700. The summed E-state index contributed by atoms with van der Waals surface area (Å²) in [6.45, 7) is 5.11. The molecule has 0 saturated heterocycles. The zero-order chi connectivity index (χ0) is 10.4. The van der Waals surface area contributed by atoms with Crippen molar-refractivity contribution in [1.29, 1.82) is 0 Å². The van der Waals surface area contributed by atoms with E-state index in [4.69, 9.17) is 0 Å². The molecule has 0 saturated carbocycles. The van der Waals surface area contributed by atoms with E-state index in [0.29, 0.717) is 0 Å². The second-order valence-electron chi connectivity index (χ2n) is 3.44. The molecule has 2 N–H and O–H groups in total. The van der Waals surface area contributed by atoms with E-state index in [-0.39, 0.29) is 0 Å². The first-order chi connectivity index (χ1) is 6.75. The molecule has 1 aromatic rings. The van der Waals surface area contributed by atoms with Gasteiger partial charge < -0.3 is 5.32 Å². The van der Waals surface area contributed by atoms with Crippen LogP contribution < -0.4 is 5.32 Å². The molecule has 0 bridgehead atoms. The van der Waals surface area contributed by atoms with E-state index in [9.17, 15) is 0 Å². The number of aryl methyl sites for hydroxylation is 2. The lowest BCUT2D eigenvalue weighted by molar-refractivity contribution is 0.842. The summed E-state index contributed by atoms with van der Waals surface area (Å²) in [6, 6.07) is 0. The van der Waals surface area contributed by atoms with Gasteiger partial charge in [0.15, 0.2) is 0 Å². The van der Waals surface area contributed by atoms with Crippen LogP contribution >= 0.6 is 11.8 Å². The van der Waals surface area contributed by atoms with Crippen LogP contribution in [-0.4, -0.2) is 28.8 Å². The maximum Gasteiger partial charge on any atom is 0.0825 e. The number of hydrogen-bond donors (Lipinski definition) is 2. The predicted molar refractivity (Wildman–Crippen MR) is 64.2 cm³/mol. The molecule has 0 spiro atoms. The number of H-pyrrole nitrogens is 1. The van der Waals surface area contributed by atoms with E-state index in [0.717, 1.165) is 17.9 Å². The molecule has 80 valence electrons. The van der Waals surface area contributed by atoms with Crippen LogP contribution in [-0.2, 0) is 0 Å². The van der Waals surface area contributed by atoms with Crippen molar-refractivity contribution in [1.82, 2.24) is 10.2 Å². The zero-order valence-electron chi connectivity index (χ0n) is 9.18. The summed E-state index contributed by atoms with van der Waals surface area (Å²) in [5.74, 6) is 1.25. The second-order valence-corrected chi connectivity index (χ2v) is 4.42. The summed E-state index contributed by atoms with van der Waals surface area (Å²) in [5, 5.41) is 10.5. The molecule has 1 aromatic heterocycles. The van der Waals surface area contributed by atoms with E-state index in [1.165, 1.54) is 24.3 Å². The van der Waals surface area contributed by atoms with Gasteiger partial charge in [-0.15, -0.1) is 0 Å². The number of unbranched alkanes of at least 4 members (excludes halogenated alkanes) is 1. The number of thioether (sulfide) groups is 1. The first-order valence-corrected chi connectivity index (χ1v) is 6.39. The van der Waals surface area contributed by atoms with Gasteiger partial charge in [0, 0.05) is 6.54 Å². The molecule has 3 nitrogen and oxygen atoms in total. The SMILES string of the molecule is CSCCCCNc1c(C)n[nH]c1C. The Hall–Kier alpha value is -0.640. The maximum atomic E-state index is 4.14. The highest BCUT2D eigenvalue weighted by molar-refractivity contribution is 7.98. The van der Waals surface area contributed by atoms with Crippen molar-refractivity contribution in [2.45, 2.75) is 26.7 Å². The summed E-state index contributed by atoms with van der Waals surface area (Å²) in [4.78, 5) is 0. The highest BCUT2D eigenvalue weighted by Crippen LogP contribution is 2.15. The minimum atomic E-state index is 1.04. The molecule has 0 radical (unpaired) electrons. The largest absolute Gasteiger partial charge is 0.382 e. The normalized spacial score (nSPS) is 10.5. The number of nitrogens with zero attached hydrogens (tertiary/aromatic N) is 1. The Labute approximate surface area is 90.1 Å². The average Bonchev–Trinajstić information content (AvgIpc) is 2.48. The van der Waals surface area contributed by atoms with Crippen molar-refractivity contribution in [2.24, 2.45) is 0 Å². The van der Waals surface area contributed by atoms with E-state index in [1.54, 1.807) is 0 Å². The van der Waals surface area contributed by atoms with E-state index in [1.807, 2.05) is 25.6 Å². The van der Waals surface area contributed by atoms with Crippen LogP contribution in [0.15, 0.2) is 0 Å². The van der Waals surface area contributed by atoms with E-state index in [2.05, 4.69) is 21.8 Å². The third-order valence-corrected chi connectivity index (χ3v) is 2.90. The molecule has 0 aliphatic rings. The van der Waals surface area contributed by atoms with Crippen molar-refractivity contribution < 1.29 is 0 Å². The van der Waals surface area contributed by atoms with Gasteiger partial charge in [0.2, 0.25) is 0 Å². The van der Waals surface area contributed by atoms with Crippen LogP contribution in [0, 0.1) is 13.8 Å². The Morgan fingerprint density at radius 1 is 1.36 bits per heavy atom. The van der Waals surface area contributed by atoms with Gasteiger partial charge in [0.1, 0.15) is 0 Å². The number of rotatable bonds is 6. The van der Waals surface area contributed by atoms with Gasteiger partial charge in [-0.1, -0.05) is 0 Å². The molecule has 0 aliphatic heterocycles. The molecule has 0 aliphatic carbocycles. The Morgan fingerprint density at radius 2 is 2.14 bits per heavy atom. The van der Waals surface area contributed by atoms with Crippen molar-refractivity contribution in [3.8, 4) is 0 Å². The van der Waals surface area contributed by atoms with Gasteiger partial charge in [-0.2, -0.15) is 16.9 Å². The van der Waals surface area contributed by atoms with Crippen molar-refractivity contribution in [3.05, 3.63) is 11.4 Å². The summed E-state index contributed by atoms with van der Waals surface area (Å²) in [6.07, 6.45) is 4.66. The Kier molecular flexibility index (Phi) is 4.87. The summed E-state index contributed by atoms with van der Waals surface area (Å²) < 4.78 is 0. The van der Waals surface area contributed by atoms with Crippen LogP contribution in [0.5, 0.6) is 0 Å². The molecule has 0 unspecified atom stereocenters. The number of aromatic amines is 1. The third-order valence-electron chi connectivity index (χ3n) is 2.21. The zero-order valence-corrected chi connectivity index (χ0v) is 10.0. The number of hydrogen-bond acceptors (Lipinski definition) is 3. The van der Waals surface area contributed by atoms with Gasteiger partial charge in [-0.3, -0.25) is 5.10 Å². The van der Waals surface area contributed by atoms with Crippen LogP contribution in [0.1, 0.15) is 24.2 Å². The lowest BCUT2D eigenvalue weighted by Crippen LogP contribution is -2.03. The Balaban J connectivity index is 2.24. The van der Waals surface area contributed by atoms with Gasteiger partial charge in [-0.25, -0.2) is 0 Å². The van der Waals surface area contributed by atoms with Gasteiger partial charge in [-0.05, 0) is 38.7 Å². The fourth-order valence-electron chi connectivity index (χ4n) is 1.40. The number of aromatic nitrogens is 2. The lowest BCUT2D eigenvalue weighted by atomic mass is 10.3. The quantitative estimate of drug-likeness (QED) is 0.714. The molecule has 1 rings (SSSR count). The third kappa shape index (κ3) is 3.25. The Bertz CT molecular complexity index is 251. The van der Waals surface area contributed by atoms with Crippen molar-refractivity contribution in [2.75, 3.05) is 23.9 Å². The lowest BCUT2D eigenvalue weighted by Gasteiger charge is -2.05. The van der Waals surface area contributed by atoms with Gasteiger partial charge in [0.25, 0.3) is 0 Å². The molecular weight excluding hydrogens is 194 g/mol. The number of anilines is 1. The van der Waals surface area contributed by atoms with Crippen molar-refractivity contribution >= 4 is 17.4 Å². The minimum absolute atomic E-state index is 1.04. The molecule has 0 fully saturated rings. The molecule has 1 heterocycles. The molecule has 14 heavy (non-hydrogen) atoms. The molecule has 4 heteroatoms. The summed E-state index contributed by atoms with van der Waals surface area (Å²) in [7, 11) is 0. The monoisotopic (exact) mass is 213 g/mol. The van der Waals surface area contributed by atoms with Gasteiger partial charge in [0.05, 0.1) is 17.1 Å². The first-order valence-electron chi connectivity index (χ1n) is 5.00. The smallest absolute Gasteiger partial charge is 0.0825 e. The minimum Gasteiger partial charge on any atom is -0.382 e. The number of nitrogens with one attached hydrogen (secondary N) is 2. The van der Waals surface area contributed by atoms with Crippen LogP contribution in [0.2, 0.25) is 0 Å². The molecular formula is C10H19N3S. The Morgan fingerprint density at radius 3 is 2.71 bits per heavy atom. The second kappa shape index (κ2) is 5.96. The summed E-state index contributed by atoms with van der Waals surface area (Å²) >= 11 is 1.91. The fourth-order valence-corrected chi connectivity index (χ4v) is 1.89.